The van der Waals surface area contributed by atoms with Crippen LogP contribution in [0.15, 0.2) is 119 Å². The predicted octanol–water partition coefficient (Wildman–Crippen LogP) is 5.34. The Hall–Kier alpha value is -4.84. The number of hydrogen-bond acceptors (Lipinski definition) is 7. The summed E-state index contributed by atoms with van der Waals surface area (Å²) in [5, 5.41) is 30.6. The monoisotopic (exact) mass is 709 g/mol. The van der Waals surface area contributed by atoms with Crippen molar-refractivity contribution in [2.75, 3.05) is 18.6 Å². The first-order valence-corrected chi connectivity index (χ1v) is 16.5. The molecule has 1 aliphatic rings. The van der Waals surface area contributed by atoms with E-state index in [0.29, 0.717) is 35.6 Å². The molecule has 2 N–H and O–H groups in total. The molecule has 3 aromatic carbocycles. The number of carbonyl (C=O) groups is 1. The number of aryl methyl sites for hydroxylation is 1. The van der Waals surface area contributed by atoms with Crippen LogP contribution in [0.25, 0.3) is 5.69 Å². The van der Waals surface area contributed by atoms with Crippen molar-refractivity contribution < 1.29 is 19.7 Å². The molecule has 1 unspecified atom stereocenters. The van der Waals surface area contributed by atoms with E-state index in [-0.39, 0.29) is 30.4 Å². The molecule has 0 radical (unpaired) electrons. The van der Waals surface area contributed by atoms with Crippen LogP contribution in [0, 0.1) is 5.92 Å². The van der Waals surface area contributed by atoms with Gasteiger partial charge in [0, 0.05) is 40.6 Å². The normalized spacial score (nSPS) is 17.1. The summed E-state index contributed by atoms with van der Waals surface area (Å²) in [6.45, 7) is 2.49. The summed E-state index contributed by atoms with van der Waals surface area (Å²) < 4.78 is 9.18. The smallest absolute Gasteiger partial charge is 0.297 e. The van der Waals surface area contributed by atoms with Crippen molar-refractivity contribution in [2.45, 2.75) is 38.0 Å². The Morgan fingerprint density at radius 2 is 1.83 bits per heavy atom. The van der Waals surface area contributed by atoms with E-state index in [1.165, 1.54) is 11.7 Å². The molecule has 6 rings (SSSR count). The average Bonchev–Trinajstić information content (AvgIpc) is 3.65. The molecule has 3 heterocycles. The zero-order valence-corrected chi connectivity index (χ0v) is 28.2. The van der Waals surface area contributed by atoms with Crippen LogP contribution < -0.4 is 15.2 Å². The minimum atomic E-state index is -1.79. The van der Waals surface area contributed by atoms with Crippen LogP contribution in [0.2, 0.25) is 0 Å². The first-order chi connectivity index (χ1) is 23.2. The van der Waals surface area contributed by atoms with Crippen LogP contribution in [0.4, 0.5) is 5.69 Å². The number of rotatable bonds is 12. The molecular formula is C37H36BrN5O5. The third kappa shape index (κ3) is 6.36. The zero-order chi connectivity index (χ0) is 33.8. The van der Waals surface area contributed by atoms with E-state index in [1.54, 1.807) is 34.0 Å². The van der Waals surface area contributed by atoms with Crippen LogP contribution in [0.3, 0.4) is 0 Å². The number of pyridine rings is 1. The Morgan fingerprint density at radius 1 is 1.02 bits per heavy atom. The van der Waals surface area contributed by atoms with Crippen molar-refractivity contribution in [2.24, 2.45) is 5.92 Å². The van der Waals surface area contributed by atoms with Crippen LogP contribution in [0.1, 0.15) is 41.6 Å². The second-order valence-electron chi connectivity index (χ2n) is 11.8. The van der Waals surface area contributed by atoms with Gasteiger partial charge in [-0.3, -0.25) is 18.8 Å². The van der Waals surface area contributed by atoms with E-state index in [0.717, 1.165) is 15.6 Å². The summed E-state index contributed by atoms with van der Waals surface area (Å²) in [6, 6.07) is 25.9. The molecule has 0 saturated heterocycles. The number of methoxy groups -OCH3 is 1. The number of halogens is 1. The molecule has 0 spiro atoms. The number of aliphatic hydroxyl groups excluding tert-OH is 1. The SMILES string of the molecule is COc1cccn(-c2cccc(CN3C(=O)[C@@](O)([C@@H](C)/C=C/CCn4cc(C(CO)c5ccccc5)nn4)c4cc(Br)ccc43)c2)c1=O. The first-order valence-electron chi connectivity index (χ1n) is 15.7. The van der Waals surface area contributed by atoms with Crippen molar-refractivity contribution in [1.29, 1.82) is 0 Å². The van der Waals surface area contributed by atoms with Crippen LogP contribution in [-0.2, 0) is 23.5 Å². The molecule has 2 aromatic heterocycles. The Bertz CT molecular complexity index is 2010. The molecule has 0 bridgehead atoms. The largest absolute Gasteiger partial charge is 0.491 e. The van der Waals surface area contributed by atoms with Gasteiger partial charge in [-0.05, 0) is 60.0 Å². The Balaban J connectivity index is 1.18. The molecule has 1 aliphatic heterocycles. The summed E-state index contributed by atoms with van der Waals surface area (Å²) in [6.07, 6.45) is 7.90. The van der Waals surface area contributed by atoms with Crippen molar-refractivity contribution in [3.63, 3.8) is 0 Å². The van der Waals surface area contributed by atoms with E-state index in [9.17, 15) is 19.8 Å². The van der Waals surface area contributed by atoms with Crippen molar-refractivity contribution in [3.8, 4) is 11.4 Å². The van der Waals surface area contributed by atoms with Crippen molar-refractivity contribution in [3.05, 3.63) is 147 Å². The highest BCUT2D eigenvalue weighted by atomic mass is 79.9. The maximum atomic E-state index is 14.1. The number of anilines is 1. The number of nitrogens with zero attached hydrogens (tertiary/aromatic N) is 5. The lowest BCUT2D eigenvalue weighted by Crippen LogP contribution is -2.44. The maximum Gasteiger partial charge on any atom is 0.297 e. The standard InChI is InChI=1S/C37H36BrN5O5/c1-25(10-6-7-18-41-23-32(39-40-41)30(24-44)27-12-4-3-5-13-27)37(47)31-21-28(38)16-17-33(31)43(36(37)46)22-26-11-8-14-29(20-26)42-19-9-15-34(48-2)35(42)45/h3-6,8-17,19-21,23,25,30,44,47H,7,18,22,24H2,1-2H3/b10-6+/t25-,30?,37+/m0/s1. The van der Waals surface area contributed by atoms with Gasteiger partial charge in [-0.1, -0.05) is 82.7 Å². The molecular weight excluding hydrogens is 674 g/mol. The molecule has 246 valence electrons. The number of benzene rings is 3. The first kappa shape index (κ1) is 33.1. The van der Waals surface area contributed by atoms with Gasteiger partial charge in [-0.25, -0.2) is 0 Å². The summed E-state index contributed by atoms with van der Waals surface area (Å²) >= 11 is 3.52. The Morgan fingerprint density at radius 3 is 2.60 bits per heavy atom. The van der Waals surface area contributed by atoms with E-state index in [1.807, 2.05) is 92.0 Å². The Labute approximate surface area is 286 Å². The molecule has 48 heavy (non-hydrogen) atoms. The minimum absolute atomic E-state index is 0.0743. The zero-order valence-electron chi connectivity index (χ0n) is 26.6. The summed E-state index contributed by atoms with van der Waals surface area (Å²) in [4.78, 5) is 28.6. The summed E-state index contributed by atoms with van der Waals surface area (Å²) in [5.74, 6) is -0.997. The quantitative estimate of drug-likeness (QED) is 0.168. The highest BCUT2D eigenvalue weighted by Crippen LogP contribution is 2.46. The van der Waals surface area contributed by atoms with E-state index < -0.39 is 17.4 Å². The topological polar surface area (TPSA) is 123 Å². The van der Waals surface area contributed by atoms with Crippen LogP contribution in [-0.4, -0.2) is 49.4 Å². The second kappa shape index (κ2) is 14.1. The number of hydrogen-bond donors (Lipinski definition) is 2. The number of carbonyl (C=O) groups excluding carboxylic acids is 1. The molecule has 0 aliphatic carbocycles. The van der Waals surface area contributed by atoms with Gasteiger partial charge < -0.3 is 19.8 Å². The van der Waals surface area contributed by atoms with E-state index >= 15 is 0 Å². The predicted molar refractivity (Wildman–Crippen MR) is 186 cm³/mol. The molecule has 0 saturated carbocycles. The lowest BCUT2D eigenvalue weighted by atomic mass is 9.83. The number of aromatic nitrogens is 4. The fraction of sp³-hybridized carbons (Fsp3) is 0.243. The van der Waals surface area contributed by atoms with Crippen LogP contribution >= 0.6 is 15.9 Å². The number of aliphatic hydroxyl groups is 2. The second-order valence-corrected chi connectivity index (χ2v) is 12.7. The lowest BCUT2D eigenvalue weighted by Gasteiger charge is -2.28. The van der Waals surface area contributed by atoms with E-state index in [4.69, 9.17) is 4.74 Å². The minimum Gasteiger partial charge on any atom is -0.491 e. The maximum absolute atomic E-state index is 14.1. The third-order valence-electron chi connectivity index (χ3n) is 8.80. The van der Waals surface area contributed by atoms with Gasteiger partial charge in [0.05, 0.1) is 37.6 Å². The Kier molecular flexibility index (Phi) is 9.72. The van der Waals surface area contributed by atoms with Gasteiger partial charge in [0.2, 0.25) is 0 Å². The van der Waals surface area contributed by atoms with Gasteiger partial charge in [0.15, 0.2) is 11.4 Å². The molecule has 10 nitrogen and oxygen atoms in total. The van der Waals surface area contributed by atoms with E-state index in [2.05, 4.69) is 26.2 Å². The molecule has 11 heteroatoms. The number of amides is 1. The lowest BCUT2D eigenvalue weighted by molar-refractivity contribution is -0.139. The van der Waals surface area contributed by atoms with Gasteiger partial charge in [0.1, 0.15) is 0 Å². The summed E-state index contributed by atoms with van der Waals surface area (Å²) in [7, 11) is 1.46. The molecule has 3 atom stereocenters. The van der Waals surface area contributed by atoms with Gasteiger partial charge in [0.25, 0.3) is 11.5 Å². The molecule has 1 amide bonds. The molecule has 0 fully saturated rings. The number of fused-ring (bicyclic) bond motifs is 1. The fourth-order valence-corrected chi connectivity index (χ4v) is 6.54. The summed E-state index contributed by atoms with van der Waals surface area (Å²) in [5.41, 5.74) is 2.16. The van der Waals surface area contributed by atoms with Gasteiger partial charge in [-0.15, -0.1) is 5.10 Å². The van der Waals surface area contributed by atoms with Crippen molar-refractivity contribution >= 4 is 27.5 Å². The highest BCUT2D eigenvalue weighted by Gasteiger charge is 2.52. The fourth-order valence-electron chi connectivity index (χ4n) is 6.18. The highest BCUT2D eigenvalue weighted by molar-refractivity contribution is 9.10. The number of allylic oxidation sites excluding steroid dienone is 1. The van der Waals surface area contributed by atoms with Gasteiger partial charge in [-0.2, -0.15) is 0 Å². The third-order valence-corrected chi connectivity index (χ3v) is 9.29. The number of ether oxygens (including phenoxy) is 1. The van der Waals surface area contributed by atoms with Crippen LogP contribution in [0.5, 0.6) is 5.75 Å². The van der Waals surface area contributed by atoms with Crippen molar-refractivity contribution in [1.82, 2.24) is 19.6 Å². The molecule has 5 aromatic rings. The average molecular weight is 711 g/mol. The van der Waals surface area contributed by atoms with Gasteiger partial charge >= 0.3 is 0 Å².